The fourth-order valence-corrected chi connectivity index (χ4v) is 1.52. The highest BCUT2D eigenvalue weighted by atomic mass is 79.9. The first-order chi connectivity index (χ1) is 7.13. The lowest BCUT2D eigenvalue weighted by Crippen LogP contribution is -2.32. The minimum atomic E-state index is -0.0903. The number of carbonyl (C=O) groups is 1. The summed E-state index contributed by atoms with van der Waals surface area (Å²) in [6.07, 6.45) is 4.14. The Kier molecular flexibility index (Phi) is 4.49. The Morgan fingerprint density at radius 2 is 2.53 bits per heavy atom. The van der Waals surface area contributed by atoms with Crippen LogP contribution >= 0.6 is 15.9 Å². The molecule has 1 aromatic heterocycles. The monoisotopic (exact) mass is 268 g/mol. The van der Waals surface area contributed by atoms with Crippen LogP contribution in [0.2, 0.25) is 0 Å². The maximum Gasteiger partial charge on any atom is 0.251 e. The highest BCUT2D eigenvalue weighted by Crippen LogP contribution is 2.08. The third-order valence-electron chi connectivity index (χ3n) is 1.89. The second kappa shape index (κ2) is 5.66. The Balaban J connectivity index is 2.65. The third-order valence-corrected chi connectivity index (χ3v) is 2.32. The Bertz CT molecular complexity index is 365. The van der Waals surface area contributed by atoms with Crippen LogP contribution in [0, 0.1) is 0 Å². The number of aromatic nitrogens is 1. The van der Waals surface area contributed by atoms with E-state index in [4.69, 9.17) is 0 Å². The van der Waals surface area contributed by atoms with Gasteiger partial charge in [-0.15, -0.1) is 6.58 Å². The topological polar surface area (TPSA) is 42.0 Å². The molecule has 4 heteroatoms. The van der Waals surface area contributed by atoms with Gasteiger partial charge in [-0.05, 0) is 41.4 Å². The molecule has 0 aliphatic rings. The van der Waals surface area contributed by atoms with Gasteiger partial charge in [-0.1, -0.05) is 6.08 Å². The van der Waals surface area contributed by atoms with Crippen molar-refractivity contribution in [2.75, 3.05) is 0 Å². The van der Waals surface area contributed by atoms with Crippen LogP contribution in [0.3, 0.4) is 0 Å². The van der Waals surface area contributed by atoms with Gasteiger partial charge in [-0.3, -0.25) is 4.79 Å². The predicted octanol–water partition coefficient (Wildman–Crippen LogP) is 2.54. The number of hydrogen-bond acceptors (Lipinski definition) is 2. The number of carbonyl (C=O) groups excluding carboxylic acids is 1. The van der Waals surface area contributed by atoms with Crippen LogP contribution < -0.4 is 5.32 Å². The lowest BCUT2D eigenvalue weighted by molar-refractivity contribution is 0.0940. The van der Waals surface area contributed by atoms with E-state index in [1.165, 1.54) is 0 Å². The van der Waals surface area contributed by atoms with Crippen molar-refractivity contribution in [3.8, 4) is 0 Å². The molecule has 80 valence electrons. The van der Waals surface area contributed by atoms with Gasteiger partial charge in [-0.25, -0.2) is 4.98 Å². The average molecular weight is 269 g/mol. The molecule has 1 aromatic rings. The van der Waals surface area contributed by atoms with Crippen molar-refractivity contribution in [3.05, 3.63) is 41.2 Å². The Morgan fingerprint density at radius 3 is 3.13 bits per heavy atom. The Labute approximate surface area is 97.7 Å². The highest BCUT2D eigenvalue weighted by molar-refractivity contribution is 9.10. The smallest absolute Gasteiger partial charge is 0.251 e. The molecule has 1 rings (SSSR count). The minimum Gasteiger partial charge on any atom is -0.349 e. The van der Waals surface area contributed by atoms with Crippen LogP contribution in [0.5, 0.6) is 0 Å². The van der Waals surface area contributed by atoms with Crippen LogP contribution in [-0.4, -0.2) is 16.9 Å². The lowest BCUT2D eigenvalue weighted by atomic mass is 10.2. The zero-order valence-corrected chi connectivity index (χ0v) is 10.1. The summed E-state index contributed by atoms with van der Waals surface area (Å²) in [4.78, 5) is 15.6. The van der Waals surface area contributed by atoms with Crippen molar-refractivity contribution in [1.29, 1.82) is 0 Å². The molecule has 0 aromatic carbocycles. The number of rotatable bonds is 4. The van der Waals surface area contributed by atoms with Crippen molar-refractivity contribution < 1.29 is 4.79 Å². The molecule has 0 aliphatic carbocycles. The first kappa shape index (κ1) is 11.9. The molecule has 0 bridgehead atoms. The first-order valence-electron chi connectivity index (χ1n) is 4.67. The molecule has 0 spiro atoms. The number of hydrogen-bond donors (Lipinski definition) is 1. The SMILES string of the molecule is C=CCC(C)NC(=O)c1ccnc(Br)c1. The Hall–Kier alpha value is -1.16. The number of amides is 1. The van der Waals surface area contributed by atoms with Gasteiger partial charge in [0, 0.05) is 17.8 Å². The zero-order valence-electron chi connectivity index (χ0n) is 8.53. The van der Waals surface area contributed by atoms with E-state index < -0.39 is 0 Å². The van der Waals surface area contributed by atoms with E-state index in [2.05, 4.69) is 32.8 Å². The van der Waals surface area contributed by atoms with Gasteiger partial charge in [0.1, 0.15) is 4.60 Å². The summed E-state index contributed by atoms with van der Waals surface area (Å²) in [7, 11) is 0. The molecule has 0 saturated heterocycles. The van der Waals surface area contributed by atoms with Crippen LogP contribution in [-0.2, 0) is 0 Å². The molecule has 3 nitrogen and oxygen atoms in total. The van der Waals surface area contributed by atoms with Gasteiger partial charge in [0.2, 0.25) is 0 Å². The summed E-state index contributed by atoms with van der Waals surface area (Å²) in [6, 6.07) is 3.47. The van der Waals surface area contributed by atoms with Gasteiger partial charge in [-0.2, -0.15) is 0 Å². The van der Waals surface area contributed by atoms with E-state index in [-0.39, 0.29) is 11.9 Å². The van der Waals surface area contributed by atoms with Crippen molar-refractivity contribution in [2.45, 2.75) is 19.4 Å². The summed E-state index contributed by atoms with van der Waals surface area (Å²) >= 11 is 3.22. The number of halogens is 1. The second-order valence-electron chi connectivity index (χ2n) is 3.27. The molecular formula is C11H13BrN2O. The highest BCUT2D eigenvalue weighted by Gasteiger charge is 2.08. The maximum absolute atomic E-state index is 11.7. The van der Waals surface area contributed by atoms with Gasteiger partial charge >= 0.3 is 0 Å². The molecule has 1 N–H and O–H groups in total. The molecule has 0 saturated carbocycles. The summed E-state index contributed by atoms with van der Waals surface area (Å²) in [5.41, 5.74) is 0.604. The van der Waals surface area contributed by atoms with Gasteiger partial charge in [0.15, 0.2) is 0 Å². The average Bonchev–Trinajstić information content (AvgIpc) is 2.18. The third kappa shape index (κ3) is 3.83. The largest absolute Gasteiger partial charge is 0.349 e. The second-order valence-corrected chi connectivity index (χ2v) is 4.08. The summed E-state index contributed by atoms with van der Waals surface area (Å²) in [5, 5.41) is 2.87. The molecule has 1 amide bonds. The van der Waals surface area contributed by atoms with Crippen LogP contribution in [0.1, 0.15) is 23.7 Å². The summed E-state index contributed by atoms with van der Waals surface area (Å²) in [5.74, 6) is -0.0903. The zero-order chi connectivity index (χ0) is 11.3. The molecular weight excluding hydrogens is 256 g/mol. The quantitative estimate of drug-likeness (QED) is 0.674. The van der Waals surface area contributed by atoms with Crippen LogP contribution in [0.15, 0.2) is 35.6 Å². The van der Waals surface area contributed by atoms with Crippen molar-refractivity contribution in [3.63, 3.8) is 0 Å². The standard InChI is InChI=1S/C11H13BrN2O/c1-3-4-8(2)14-11(15)9-5-6-13-10(12)7-9/h3,5-8H,1,4H2,2H3,(H,14,15). The van der Waals surface area contributed by atoms with Gasteiger partial charge in [0.05, 0.1) is 0 Å². The van der Waals surface area contributed by atoms with Crippen molar-refractivity contribution in [1.82, 2.24) is 10.3 Å². The van der Waals surface area contributed by atoms with E-state index in [0.29, 0.717) is 10.2 Å². The van der Waals surface area contributed by atoms with E-state index >= 15 is 0 Å². The molecule has 15 heavy (non-hydrogen) atoms. The fraction of sp³-hybridized carbons (Fsp3) is 0.273. The number of nitrogens with one attached hydrogen (secondary N) is 1. The molecule has 1 unspecified atom stereocenters. The predicted molar refractivity (Wildman–Crippen MR) is 63.7 cm³/mol. The maximum atomic E-state index is 11.7. The van der Waals surface area contributed by atoms with E-state index in [9.17, 15) is 4.79 Å². The van der Waals surface area contributed by atoms with Crippen LogP contribution in [0.25, 0.3) is 0 Å². The number of pyridine rings is 1. The molecule has 1 heterocycles. The normalized spacial score (nSPS) is 11.9. The molecule has 1 atom stereocenters. The summed E-state index contributed by atoms with van der Waals surface area (Å²) < 4.78 is 0.659. The van der Waals surface area contributed by atoms with Crippen molar-refractivity contribution >= 4 is 21.8 Å². The van der Waals surface area contributed by atoms with E-state index in [1.54, 1.807) is 24.4 Å². The van der Waals surface area contributed by atoms with Gasteiger partial charge in [0.25, 0.3) is 5.91 Å². The first-order valence-corrected chi connectivity index (χ1v) is 5.46. The molecule has 0 fully saturated rings. The van der Waals surface area contributed by atoms with E-state index in [1.807, 2.05) is 6.92 Å². The minimum absolute atomic E-state index is 0.0903. The van der Waals surface area contributed by atoms with Crippen molar-refractivity contribution in [2.24, 2.45) is 0 Å². The Morgan fingerprint density at radius 1 is 1.80 bits per heavy atom. The van der Waals surface area contributed by atoms with E-state index in [0.717, 1.165) is 6.42 Å². The molecule has 0 radical (unpaired) electrons. The summed E-state index contributed by atoms with van der Waals surface area (Å²) in [6.45, 7) is 5.57. The number of nitrogens with zero attached hydrogens (tertiary/aromatic N) is 1. The van der Waals surface area contributed by atoms with Crippen LogP contribution in [0.4, 0.5) is 0 Å². The van der Waals surface area contributed by atoms with Gasteiger partial charge < -0.3 is 5.32 Å². The fourth-order valence-electron chi connectivity index (χ4n) is 1.16. The molecule has 0 aliphatic heterocycles. The lowest BCUT2D eigenvalue weighted by Gasteiger charge is -2.11.